The van der Waals surface area contributed by atoms with Crippen molar-refractivity contribution in [3.63, 3.8) is 0 Å². The second-order valence-corrected chi connectivity index (χ2v) is 6.13. The number of hydrogen-bond donors (Lipinski definition) is 3. The Bertz CT molecular complexity index is 685. The van der Waals surface area contributed by atoms with E-state index in [-0.39, 0.29) is 6.10 Å². The average Bonchev–Trinajstić information content (AvgIpc) is 2.82. The fraction of sp³-hybridized carbons (Fsp3) is 0.471. The number of aromatic nitrogens is 1. The summed E-state index contributed by atoms with van der Waals surface area (Å²) in [4.78, 5) is 16.9. The molecular formula is C17H22N2O3. The molecule has 5 nitrogen and oxygen atoms in total. The molecule has 0 radical (unpaired) electrons. The van der Waals surface area contributed by atoms with Gasteiger partial charge in [-0.1, -0.05) is 6.07 Å². The molecule has 0 unspecified atom stereocenters. The van der Waals surface area contributed by atoms with Crippen molar-refractivity contribution in [1.82, 2.24) is 9.88 Å². The first-order valence-corrected chi connectivity index (χ1v) is 7.79. The molecule has 1 aromatic carbocycles. The number of aliphatic hydroxyl groups is 1. The standard InChI is InChI=1S/C17H22N2O3/c1-11-16(17(21)22)14-10-12(2-3-15(14)18-11)4-7-19-8-5-13(20)6-9-19/h2-3,10,13,18,20H,4-9H2,1H3,(H,21,22). The largest absolute Gasteiger partial charge is 0.478 e. The molecule has 3 N–H and O–H groups in total. The lowest BCUT2D eigenvalue weighted by Gasteiger charge is -2.29. The molecule has 0 bridgehead atoms. The molecule has 1 fully saturated rings. The minimum Gasteiger partial charge on any atom is -0.478 e. The molecule has 3 rings (SSSR count). The van der Waals surface area contributed by atoms with Gasteiger partial charge in [0, 0.05) is 36.2 Å². The fourth-order valence-electron chi connectivity index (χ4n) is 3.24. The monoisotopic (exact) mass is 302 g/mol. The van der Waals surface area contributed by atoms with Crippen LogP contribution in [0.15, 0.2) is 18.2 Å². The molecule has 0 aliphatic carbocycles. The Labute approximate surface area is 129 Å². The number of fused-ring (bicyclic) bond motifs is 1. The molecule has 2 heterocycles. The molecule has 22 heavy (non-hydrogen) atoms. The van der Waals surface area contributed by atoms with Crippen molar-refractivity contribution in [3.8, 4) is 0 Å². The number of H-pyrrole nitrogens is 1. The van der Waals surface area contributed by atoms with Gasteiger partial charge in [-0.2, -0.15) is 0 Å². The van der Waals surface area contributed by atoms with Crippen LogP contribution in [0.1, 0.15) is 34.5 Å². The maximum Gasteiger partial charge on any atom is 0.338 e. The molecule has 0 saturated carbocycles. The number of aryl methyl sites for hydroxylation is 1. The van der Waals surface area contributed by atoms with Crippen LogP contribution >= 0.6 is 0 Å². The predicted molar refractivity (Wildman–Crippen MR) is 85.4 cm³/mol. The van der Waals surface area contributed by atoms with Crippen molar-refractivity contribution >= 4 is 16.9 Å². The molecule has 0 spiro atoms. The predicted octanol–water partition coefficient (Wildman–Crippen LogP) is 2.17. The van der Waals surface area contributed by atoms with Crippen LogP contribution in [0.2, 0.25) is 0 Å². The number of hydrogen-bond acceptors (Lipinski definition) is 3. The van der Waals surface area contributed by atoms with Crippen LogP contribution in [0.3, 0.4) is 0 Å². The van der Waals surface area contributed by atoms with Crippen molar-refractivity contribution in [2.75, 3.05) is 19.6 Å². The summed E-state index contributed by atoms with van der Waals surface area (Å²) in [6.45, 7) is 4.62. The minimum atomic E-state index is -0.883. The average molecular weight is 302 g/mol. The molecule has 1 aliphatic heterocycles. The highest BCUT2D eigenvalue weighted by Gasteiger charge is 2.17. The zero-order chi connectivity index (χ0) is 15.7. The number of carbonyl (C=O) groups is 1. The first-order valence-electron chi connectivity index (χ1n) is 7.79. The third kappa shape index (κ3) is 3.00. The van der Waals surface area contributed by atoms with E-state index < -0.39 is 5.97 Å². The number of aromatic amines is 1. The lowest BCUT2D eigenvalue weighted by atomic mass is 10.0. The van der Waals surface area contributed by atoms with Gasteiger partial charge < -0.3 is 20.1 Å². The number of piperidine rings is 1. The molecule has 1 aliphatic rings. The molecule has 1 aromatic heterocycles. The van der Waals surface area contributed by atoms with E-state index in [1.165, 1.54) is 0 Å². The molecule has 1 saturated heterocycles. The fourth-order valence-corrected chi connectivity index (χ4v) is 3.24. The highest BCUT2D eigenvalue weighted by atomic mass is 16.4. The molecule has 0 atom stereocenters. The van der Waals surface area contributed by atoms with Crippen molar-refractivity contribution in [3.05, 3.63) is 35.0 Å². The maximum absolute atomic E-state index is 11.4. The number of nitrogens with zero attached hydrogens (tertiary/aromatic N) is 1. The van der Waals surface area contributed by atoms with Gasteiger partial charge in [0.1, 0.15) is 0 Å². The number of carboxylic acids is 1. The van der Waals surface area contributed by atoms with Crippen LogP contribution in [0.25, 0.3) is 10.9 Å². The Hall–Kier alpha value is -1.85. The third-order valence-corrected chi connectivity index (χ3v) is 4.54. The number of aliphatic hydroxyl groups excluding tert-OH is 1. The lowest BCUT2D eigenvalue weighted by Crippen LogP contribution is -2.37. The van der Waals surface area contributed by atoms with Gasteiger partial charge in [0.15, 0.2) is 0 Å². The molecule has 118 valence electrons. The molecular weight excluding hydrogens is 280 g/mol. The van der Waals surface area contributed by atoms with Gasteiger partial charge in [-0.15, -0.1) is 0 Å². The smallest absolute Gasteiger partial charge is 0.338 e. The zero-order valence-corrected chi connectivity index (χ0v) is 12.8. The van der Waals surface area contributed by atoms with Crippen LogP contribution in [0.4, 0.5) is 0 Å². The normalized spacial score (nSPS) is 17.2. The van der Waals surface area contributed by atoms with E-state index in [1.807, 2.05) is 12.1 Å². The molecule has 2 aromatic rings. The van der Waals surface area contributed by atoms with Gasteiger partial charge in [0.2, 0.25) is 0 Å². The van der Waals surface area contributed by atoms with E-state index in [0.717, 1.165) is 55.4 Å². The molecule has 0 amide bonds. The van der Waals surface area contributed by atoms with Gasteiger partial charge in [-0.3, -0.25) is 0 Å². The number of likely N-dealkylation sites (tertiary alicyclic amines) is 1. The highest BCUT2D eigenvalue weighted by Crippen LogP contribution is 2.24. The van der Waals surface area contributed by atoms with Crippen molar-refractivity contribution in [2.24, 2.45) is 0 Å². The summed E-state index contributed by atoms with van der Waals surface area (Å²) in [5.74, 6) is -0.883. The van der Waals surface area contributed by atoms with E-state index in [0.29, 0.717) is 11.3 Å². The van der Waals surface area contributed by atoms with E-state index in [1.54, 1.807) is 6.92 Å². The van der Waals surface area contributed by atoms with Crippen LogP contribution in [-0.2, 0) is 6.42 Å². The Balaban J connectivity index is 1.74. The summed E-state index contributed by atoms with van der Waals surface area (Å²) in [6, 6.07) is 6.01. The summed E-state index contributed by atoms with van der Waals surface area (Å²) < 4.78 is 0. The summed E-state index contributed by atoms with van der Waals surface area (Å²) in [5, 5.41) is 19.7. The summed E-state index contributed by atoms with van der Waals surface area (Å²) >= 11 is 0. The van der Waals surface area contributed by atoms with Gasteiger partial charge in [-0.05, 0) is 43.9 Å². The highest BCUT2D eigenvalue weighted by molar-refractivity contribution is 6.04. The van der Waals surface area contributed by atoms with E-state index in [4.69, 9.17) is 0 Å². The van der Waals surface area contributed by atoms with Crippen LogP contribution in [0.5, 0.6) is 0 Å². The number of rotatable bonds is 4. The molecule has 5 heteroatoms. The number of aromatic carboxylic acids is 1. The number of carboxylic acid groups (broad SMARTS) is 1. The SMILES string of the molecule is Cc1[nH]c2ccc(CCN3CCC(O)CC3)cc2c1C(=O)O. The summed E-state index contributed by atoms with van der Waals surface area (Å²) in [6.07, 6.45) is 2.45. The topological polar surface area (TPSA) is 76.6 Å². The van der Waals surface area contributed by atoms with E-state index >= 15 is 0 Å². The lowest BCUT2D eigenvalue weighted by molar-refractivity contribution is 0.0698. The summed E-state index contributed by atoms with van der Waals surface area (Å²) in [5.41, 5.74) is 3.10. The van der Waals surface area contributed by atoms with Gasteiger partial charge in [0.05, 0.1) is 11.7 Å². The second kappa shape index (κ2) is 6.10. The number of nitrogens with one attached hydrogen (secondary N) is 1. The van der Waals surface area contributed by atoms with E-state index in [2.05, 4.69) is 16.0 Å². The van der Waals surface area contributed by atoms with Gasteiger partial charge in [-0.25, -0.2) is 4.79 Å². The van der Waals surface area contributed by atoms with Crippen LogP contribution in [0, 0.1) is 6.92 Å². The first kappa shape index (κ1) is 15.1. The zero-order valence-electron chi connectivity index (χ0n) is 12.8. The Kier molecular flexibility index (Phi) is 4.18. The maximum atomic E-state index is 11.4. The van der Waals surface area contributed by atoms with Gasteiger partial charge in [0.25, 0.3) is 0 Å². The minimum absolute atomic E-state index is 0.145. The quantitative estimate of drug-likeness (QED) is 0.809. The van der Waals surface area contributed by atoms with Crippen molar-refractivity contribution in [2.45, 2.75) is 32.3 Å². The second-order valence-electron chi connectivity index (χ2n) is 6.13. The Morgan fingerprint density at radius 3 is 2.77 bits per heavy atom. The van der Waals surface area contributed by atoms with Crippen LogP contribution < -0.4 is 0 Å². The number of benzene rings is 1. The first-order chi connectivity index (χ1) is 10.5. The van der Waals surface area contributed by atoms with Crippen LogP contribution in [-0.4, -0.2) is 51.8 Å². The summed E-state index contributed by atoms with van der Waals surface area (Å²) in [7, 11) is 0. The van der Waals surface area contributed by atoms with Crippen molar-refractivity contribution < 1.29 is 15.0 Å². The van der Waals surface area contributed by atoms with Crippen molar-refractivity contribution in [1.29, 1.82) is 0 Å². The Morgan fingerprint density at radius 2 is 2.09 bits per heavy atom. The van der Waals surface area contributed by atoms with E-state index in [9.17, 15) is 15.0 Å². The van der Waals surface area contributed by atoms with Gasteiger partial charge >= 0.3 is 5.97 Å². The Morgan fingerprint density at radius 1 is 1.36 bits per heavy atom. The third-order valence-electron chi connectivity index (χ3n) is 4.54.